The molecule has 0 aliphatic heterocycles. The summed E-state index contributed by atoms with van der Waals surface area (Å²) in [4.78, 5) is 13.9. The molecule has 0 atom stereocenters. The third-order valence-electron chi connectivity index (χ3n) is 1.15. The Balaban J connectivity index is 2.90. The van der Waals surface area contributed by atoms with E-state index in [9.17, 15) is 4.79 Å². The lowest BCUT2D eigenvalue weighted by Gasteiger charge is -2.01. The van der Waals surface area contributed by atoms with Crippen LogP contribution in [0.15, 0.2) is 28.9 Å². The predicted octanol–water partition coefficient (Wildman–Crippen LogP) is 1.54. The number of nitrogens with zero attached hydrogens (tertiary/aromatic N) is 1. The van der Waals surface area contributed by atoms with E-state index < -0.39 is 0 Å². The second-order valence-electron chi connectivity index (χ2n) is 1.81. The molecule has 10 heavy (non-hydrogen) atoms. The lowest BCUT2D eigenvalue weighted by molar-refractivity contribution is 0.565. The van der Waals surface area contributed by atoms with Crippen LogP contribution in [0.25, 0.3) is 0 Å². The average molecular weight is 151 g/mol. The van der Waals surface area contributed by atoms with E-state index >= 15 is 0 Å². The van der Waals surface area contributed by atoms with Crippen LogP contribution >= 0.6 is 12.2 Å². The van der Waals surface area contributed by atoms with Crippen molar-refractivity contribution in [2.24, 2.45) is 4.99 Å². The monoisotopic (exact) mass is 151 g/mol. The maximum absolute atomic E-state index is 9.80. The molecular weight excluding hydrogens is 146 g/mol. The number of hydrogen-bond donors (Lipinski definition) is 0. The quantitative estimate of drug-likeness (QED) is 0.323. The summed E-state index contributed by atoms with van der Waals surface area (Å²) in [5, 5.41) is 0. The first-order valence-corrected chi connectivity index (χ1v) is 3.23. The van der Waals surface area contributed by atoms with E-state index in [1.807, 2.05) is 12.2 Å². The van der Waals surface area contributed by atoms with Gasteiger partial charge >= 0.3 is 0 Å². The van der Waals surface area contributed by atoms with Crippen LogP contribution in [0.2, 0.25) is 0 Å². The van der Waals surface area contributed by atoms with Crippen molar-refractivity contribution in [2.75, 3.05) is 0 Å². The average Bonchev–Trinajstić information content (AvgIpc) is 1.94. The first-order valence-electron chi connectivity index (χ1n) is 2.82. The van der Waals surface area contributed by atoms with Gasteiger partial charge in [-0.15, -0.1) is 0 Å². The Morgan fingerprint density at radius 3 is 3.10 bits per heavy atom. The lowest BCUT2D eigenvalue weighted by atomic mass is 10.1. The molecule has 1 aliphatic rings. The molecule has 0 saturated carbocycles. The van der Waals surface area contributed by atoms with E-state index in [2.05, 4.69) is 4.99 Å². The van der Waals surface area contributed by atoms with E-state index in [1.54, 1.807) is 6.08 Å². The molecule has 0 unspecified atom stereocenters. The van der Waals surface area contributed by atoms with Gasteiger partial charge < -0.3 is 0 Å². The normalized spacial score (nSPS) is 16.0. The Morgan fingerprint density at radius 2 is 2.50 bits per heavy atom. The molecule has 0 amide bonds. The zero-order valence-corrected chi connectivity index (χ0v) is 6.02. The number of allylic oxidation sites excluding steroid dienone is 4. The largest absolute Gasteiger partial charge is 0.240 e. The molecule has 2 nitrogen and oxygen atoms in total. The van der Waals surface area contributed by atoms with Gasteiger partial charge in [0.1, 0.15) is 0 Å². The molecule has 0 fully saturated rings. The topological polar surface area (TPSA) is 29.4 Å². The third-order valence-corrected chi connectivity index (χ3v) is 1.52. The Morgan fingerprint density at radius 1 is 1.70 bits per heavy atom. The van der Waals surface area contributed by atoms with E-state index in [0.717, 1.165) is 0 Å². The van der Waals surface area contributed by atoms with Gasteiger partial charge in [-0.05, 0) is 6.08 Å². The number of aliphatic imine (C=N–C) groups is 1. The fourth-order valence-electron chi connectivity index (χ4n) is 0.681. The zero-order chi connectivity index (χ0) is 7.40. The minimum atomic E-state index is 0.563. The number of carbonyl (C=O) groups excluding carboxylic acids is 1. The van der Waals surface area contributed by atoms with Crippen LogP contribution in [0.4, 0.5) is 0 Å². The van der Waals surface area contributed by atoms with Crippen molar-refractivity contribution in [1.82, 2.24) is 0 Å². The minimum absolute atomic E-state index is 0.563. The zero-order valence-electron chi connectivity index (χ0n) is 5.20. The molecule has 0 N–H and O–H groups in total. The minimum Gasteiger partial charge on any atom is -0.211 e. The highest BCUT2D eigenvalue weighted by Crippen LogP contribution is 2.09. The van der Waals surface area contributed by atoms with Crippen molar-refractivity contribution >= 4 is 23.2 Å². The fourth-order valence-corrected chi connectivity index (χ4v) is 0.890. The summed E-state index contributed by atoms with van der Waals surface area (Å²) in [7, 11) is 0. The Labute approximate surface area is 64.0 Å². The molecule has 3 heteroatoms. The Kier molecular flexibility index (Phi) is 2.26. The first kappa shape index (κ1) is 7.06. The van der Waals surface area contributed by atoms with E-state index in [0.29, 0.717) is 17.0 Å². The summed E-state index contributed by atoms with van der Waals surface area (Å²) < 4.78 is 0. The molecule has 0 heterocycles. The molecule has 0 radical (unpaired) electrons. The second-order valence-corrected chi connectivity index (χ2v) is 2.30. The fraction of sp³-hybridized carbons (Fsp3) is 0.143. The van der Waals surface area contributed by atoms with E-state index in [1.165, 1.54) is 6.08 Å². The molecule has 0 aromatic carbocycles. The van der Waals surface area contributed by atoms with E-state index in [-0.39, 0.29) is 0 Å². The smallest absolute Gasteiger partial charge is 0.211 e. The van der Waals surface area contributed by atoms with Gasteiger partial charge in [0.2, 0.25) is 6.08 Å². The molecule has 0 aromatic rings. The summed E-state index contributed by atoms with van der Waals surface area (Å²) in [6.07, 6.45) is 7.61. The van der Waals surface area contributed by atoms with Gasteiger partial charge in [0, 0.05) is 11.3 Å². The van der Waals surface area contributed by atoms with Crippen molar-refractivity contribution in [2.45, 2.75) is 6.42 Å². The summed E-state index contributed by atoms with van der Waals surface area (Å²) in [6, 6.07) is 0. The SMILES string of the molecule is O=C=NC1=CC=CCC1=S. The highest BCUT2D eigenvalue weighted by Gasteiger charge is 2.03. The van der Waals surface area contributed by atoms with Gasteiger partial charge in [-0.1, -0.05) is 24.4 Å². The van der Waals surface area contributed by atoms with Crippen LogP contribution in [-0.2, 0) is 4.79 Å². The summed E-state index contributed by atoms with van der Waals surface area (Å²) in [5.41, 5.74) is 0.563. The number of rotatable bonds is 1. The van der Waals surface area contributed by atoms with E-state index in [4.69, 9.17) is 12.2 Å². The number of isocyanates is 1. The van der Waals surface area contributed by atoms with Crippen molar-refractivity contribution in [3.8, 4) is 0 Å². The van der Waals surface area contributed by atoms with Crippen LogP contribution in [0.5, 0.6) is 0 Å². The van der Waals surface area contributed by atoms with Gasteiger partial charge in [-0.3, -0.25) is 0 Å². The van der Waals surface area contributed by atoms with Gasteiger partial charge in [0.25, 0.3) is 0 Å². The maximum Gasteiger partial charge on any atom is 0.240 e. The van der Waals surface area contributed by atoms with Gasteiger partial charge in [0.05, 0.1) is 5.70 Å². The van der Waals surface area contributed by atoms with Crippen molar-refractivity contribution in [1.29, 1.82) is 0 Å². The van der Waals surface area contributed by atoms with Crippen LogP contribution < -0.4 is 0 Å². The maximum atomic E-state index is 9.80. The van der Waals surface area contributed by atoms with Crippen molar-refractivity contribution in [3.63, 3.8) is 0 Å². The second kappa shape index (κ2) is 3.20. The number of thiocarbonyl (C=S) groups is 1. The molecule has 0 spiro atoms. The predicted molar refractivity (Wildman–Crippen MR) is 42.6 cm³/mol. The van der Waals surface area contributed by atoms with Crippen LogP contribution in [0, 0.1) is 0 Å². The molecule has 0 bridgehead atoms. The standard InChI is InChI=1S/C7H5NOS/c9-5-8-6-3-1-2-4-7(6)10/h1-3H,4H2. The van der Waals surface area contributed by atoms with Crippen LogP contribution in [0.1, 0.15) is 6.42 Å². The molecule has 50 valence electrons. The molecule has 1 aliphatic carbocycles. The highest BCUT2D eigenvalue weighted by atomic mass is 32.1. The summed E-state index contributed by atoms with van der Waals surface area (Å²) in [5.74, 6) is 0. The van der Waals surface area contributed by atoms with Crippen LogP contribution in [-0.4, -0.2) is 10.9 Å². The summed E-state index contributed by atoms with van der Waals surface area (Å²) in [6.45, 7) is 0. The Bertz CT molecular complexity index is 259. The first-order chi connectivity index (χ1) is 4.84. The van der Waals surface area contributed by atoms with Crippen molar-refractivity contribution in [3.05, 3.63) is 23.9 Å². The van der Waals surface area contributed by atoms with Crippen LogP contribution in [0.3, 0.4) is 0 Å². The van der Waals surface area contributed by atoms with Crippen molar-refractivity contribution < 1.29 is 4.79 Å². The van der Waals surface area contributed by atoms with Gasteiger partial charge in [-0.25, -0.2) is 4.79 Å². The third kappa shape index (κ3) is 1.47. The molecule has 1 rings (SSSR count). The molecule has 0 saturated heterocycles. The molecule has 0 aromatic heterocycles. The number of hydrogen-bond acceptors (Lipinski definition) is 3. The van der Waals surface area contributed by atoms with Gasteiger partial charge in [0.15, 0.2) is 0 Å². The molecular formula is C7H5NOS. The Hall–Kier alpha value is -1.05. The highest BCUT2D eigenvalue weighted by molar-refractivity contribution is 7.80. The van der Waals surface area contributed by atoms with Gasteiger partial charge in [-0.2, -0.15) is 4.99 Å². The lowest BCUT2D eigenvalue weighted by Crippen LogP contribution is -1.97. The summed E-state index contributed by atoms with van der Waals surface area (Å²) >= 11 is 4.90.